The highest BCUT2D eigenvalue weighted by atomic mass is 16.5. The van der Waals surface area contributed by atoms with Crippen molar-refractivity contribution in [3.63, 3.8) is 0 Å². The molecule has 0 aliphatic carbocycles. The Morgan fingerprint density at radius 1 is 1.00 bits per heavy atom. The molecule has 3 aromatic carbocycles. The number of phenolic OH excluding ortho intramolecular Hbond substituents is 1. The first kappa shape index (κ1) is 11.5. The van der Waals surface area contributed by atoms with Crippen LogP contribution in [0.15, 0.2) is 48.5 Å². The largest absolute Gasteiger partial charge is 0.507 e. The first-order chi connectivity index (χ1) is 9.20. The molecule has 1 N–H and O–H groups in total. The van der Waals surface area contributed by atoms with E-state index in [-0.39, 0.29) is 5.75 Å². The van der Waals surface area contributed by atoms with Crippen molar-refractivity contribution in [2.24, 2.45) is 0 Å². The average Bonchev–Trinajstić information content (AvgIpc) is 2.46. The first-order valence-corrected chi connectivity index (χ1v) is 5.93. The molecule has 0 bridgehead atoms. The second kappa shape index (κ2) is 4.28. The molecular weight excluding hydrogens is 240 g/mol. The molecule has 0 amide bonds. The van der Waals surface area contributed by atoms with Crippen molar-refractivity contribution >= 4 is 27.5 Å². The topological polar surface area (TPSA) is 46.5 Å². The molecular formula is C16H12O3. The number of carbonyl (C=O) groups is 1. The van der Waals surface area contributed by atoms with Gasteiger partial charge in [-0.15, -0.1) is 0 Å². The highest BCUT2D eigenvalue weighted by molar-refractivity contribution is 6.11. The fourth-order valence-electron chi connectivity index (χ4n) is 2.33. The normalized spacial score (nSPS) is 10.8. The summed E-state index contributed by atoms with van der Waals surface area (Å²) in [5.74, 6) is -0.367. The Morgan fingerprint density at radius 2 is 1.79 bits per heavy atom. The van der Waals surface area contributed by atoms with Crippen LogP contribution in [-0.2, 0) is 4.74 Å². The maximum atomic E-state index is 11.6. The smallest absolute Gasteiger partial charge is 0.338 e. The molecule has 0 aliphatic rings. The van der Waals surface area contributed by atoms with E-state index in [9.17, 15) is 9.90 Å². The van der Waals surface area contributed by atoms with E-state index in [0.29, 0.717) is 5.56 Å². The van der Waals surface area contributed by atoms with Crippen LogP contribution >= 0.6 is 0 Å². The van der Waals surface area contributed by atoms with Crippen LogP contribution in [0.5, 0.6) is 5.75 Å². The molecule has 0 spiro atoms. The lowest BCUT2D eigenvalue weighted by molar-refractivity contribution is 0.0600. The Hall–Kier alpha value is -2.55. The van der Waals surface area contributed by atoms with E-state index in [1.165, 1.54) is 13.2 Å². The Bertz CT molecular complexity index is 790. The Balaban J connectivity index is 2.43. The number of esters is 1. The minimum absolute atomic E-state index is 0.0867. The summed E-state index contributed by atoms with van der Waals surface area (Å²) in [5.41, 5.74) is 0.351. The van der Waals surface area contributed by atoms with Crippen LogP contribution in [0.4, 0.5) is 0 Å². The van der Waals surface area contributed by atoms with Gasteiger partial charge in [0.2, 0.25) is 0 Å². The molecule has 3 nitrogen and oxygen atoms in total. The number of rotatable bonds is 1. The molecule has 3 heteroatoms. The lowest BCUT2D eigenvalue weighted by atomic mass is 9.99. The molecule has 3 rings (SSSR count). The summed E-state index contributed by atoms with van der Waals surface area (Å²) < 4.78 is 4.70. The summed E-state index contributed by atoms with van der Waals surface area (Å²) in [5, 5.41) is 13.7. The van der Waals surface area contributed by atoms with Gasteiger partial charge in [-0.1, -0.05) is 36.4 Å². The van der Waals surface area contributed by atoms with Crippen LogP contribution < -0.4 is 0 Å². The lowest BCUT2D eigenvalue weighted by Gasteiger charge is -2.08. The summed E-state index contributed by atoms with van der Waals surface area (Å²) in [6, 6.07) is 14.9. The summed E-state index contributed by atoms with van der Waals surface area (Å²) in [6.07, 6.45) is 0. The fraction of sp³-hybridized carbons (Fsp3) is 0.0625. The van der Waals surface area contributed by atoms with E-state index in [4.69, 9.17) is 4.74 Å². The second-order valence-electron chi connectivity index (χ2n) is 4.37. The second-order valence-corrected chi connectivity index (χ2v) is 4.37. The van der Waals surface area contributed by atoms with E-state index in [1.54, 1.807) is 6.07 Å². The number of hydrogen-bond acceptors (Lipinski definition) is 3. The van der Waals surface area contributed by atoms with Crippen LogP contribution in [0.2, 0.25) is 0 Å². The van der Waals surface area contributed by atoms with Gasteiger partial charge >= 0.3 is 5.97 Å². The van der Waals surface area contributed by atoms with E-state index in [1.807, 2.05) is 36.4 Å². The van der Waals surface area contributed by atoms with Crippen LogP contribution in [0.1, 0.15) is 10.4 Å². The summed E-state index contributed by atoms with van der Waals surface area (Å²) in [7, 11) is 1.33. The van der Waals surface area contributed by atoms with Gasteiger partial charge in [-0.25, -0.2) is 4.79 Å². The average molecular weight is 252 g/mol. The zero-order chi connectivity index (χ0) is 13.4. The quantitative estimate of drug-likeness (QED) is 0.532. The number of aromatic hydroxyl groups is 1. The van der Waals surface area contributed by atoms with Crippen molar-refractivity contribution < 1.29 is 14.6 Å². The molecule has 0 radical (unpaired) electrons. The molecule has 0 heterocycles. The molecule has 0 saturated heterocycles. The molecule has 0 aliphatic heterocycles. The molecule has 0 unspecified atom stereocenters. The van der Waals surface area contributed by atoms with Gasteiger partial charge in [-0.3, -0.25) is 0 Å². The van der Waals surface area contributed by atoms with Gasteiger partial charge in [0.1, 0.15) is 5.75 Å². The summed E-state index contributed by atoms with van der Waals surface area (Å²) in [4.78, 5) is 11.6. The molecule has 19 heavy (non-hydrogen) atoms. The fourth-order valence-corrected chi connectivity index (χ4v) is 2.33. The van der Waals surface area contributed by atoms with Gasteiger partial charge in [-0.05, 0) is 28.3 Å². The van der Waals surface area contributed by atoms with Crippen molar-refractivity contribution in [1.82, 2.24) is 0 Å². The molecule has 0 aromatic heterocycles. The van der Waals surface area contributed by atoms with Crippen molar-refractivity contribution in [1.29, 1.82) is 0 Å². The van der Waals surface area contributed by atoms with Crippen LogP contribution in [0.25, 0.3) is 21.5 Å². The van der Waals surface area contributed by atoms with E-state index in [2.05, 4.69) is 0 Å². The number of benzene rings is 3. The number of ether oxygens (including phenoxy) is 1. The van der Waals surface area contributed by atoms with Gasteiger partial charge in [-0.2, -0.15) is 0 Å². The number of fused-ring (bicyclic) bond motifs is 3. The van der Waals surface area contributed by atoms with Crippen molar-refractivity contribution in [3.8, 4) is 5.75 Å². The maximum Gasteiger partial charge on any atom is 0.338 e. The summed E-state index contributed by atoms with van der Waals surface area (Å²) >= 11 is 0. The minimum atomic E-state index is -0.454. The standard InChI is InChI=1S/C16H12O3/c1-19-16(18)11-8-14-12-5-3-2-4-10(12)6-7-13(14)15(17)9-11/h2-9,17H,1H3. The van der Waals surface area contributed by atoms with Gasteiger partial charge in [0.05, 0.1) is 12.7 Å². The zero-order valence-corrected chi connectivity index (χ0v) is 10.4. The van der Waals surface area contributed by atoms with Crippen LogP contribution in [-0.4, -0.2) is 18.2 Å². The summed E-state index contributed by atoms with van der Waals surface area (Å²) in [6.45, 7) is 0. The highest BCUT2D eigenvalue weighted by Crippen LogP contribution is 2.32. The minimum Gasteiger partial charge on any atom is -0.507 e. The van der Waals surface area contributed by atoms with Gasteiger partial charge in [0.15, 0.2) is 0 Å². The van der Waals surface area contributed by atoms with E-state index in [0.717, 1.165) is 21.5 Å². The van der Waals surface area contributed by atoms with Gasteiger partial charge in [0.25, 0.3) is 0 Å². The van der Waals surface area contributed by atoms with Crippen molar-refractivity contribution in [3.05, 3.63) is 54.1 Å². The molecule has 0 fully saturated rings. The number of phenols is 1. The number of hydrogen-bond donors (Lipinski definition) is 1. The number of carbonyl (C=O) groups excluding carboxylic acids is 1. The predicted octanol–water partition coefficient (Wildman–Crippen LogP) is 3.49. The van der Waals surface area contributed by atoms with E-state index >= 15 is 0 Å². The monoisotopic (exact) mass is 252 g/mol. The predicted molar refractivity (Wildman–Crippen MR) is 74.5 cm³/mol. The van der Waals surface area contributed by atoms with Gasteiger partial charge < -0.3 is 9.84 Å². The Morgan fingerprint density at radius 3 is 2.58 bits per heavy atom. The zero-order valence-electron chi connectivity index (χ0n) is 10.4. The Kier molecular flexibility index (Phi) is 2.60. The molecule has 3 aromatic rings. The SMILES string of the molecule is COC(=O)c1cc(O)c2ccc3ccccc3c2c1. The third-order valence-corrected chi connectivity index (χ3v) is 3.26. The maximum absolute atomic E-state index is 11.6. The highest BCUT2D eigenvalue weighted by Gasteiger charge is 2.11. The van der Waals surface area contributed by atoms with E-state index < -0.39 is 5.97 Å². The molecule has 0 atom stereocenters. The first-order valence-electron chi connectivity index (χ1n) is 5.93. The third kappa shape index (κ3) is 1.80. The number of methoxy groups -OCH3 is 1. The lowest BCUT2D eigenvalue weighted by Crippen LogP contribution is -2.00. The molecule has 94 valence electrons. The molecule has 0 saturated carbocycles. The van der Waals surface area contributed by atoms with Crippen molar-refractivity contribution in [2.75, 3.05) is 7.11 Å². The van der Waals surface area contributed by atoms with Crippen LogP contribution in [0, 0.1) is 0 Å². The van der Waals surface area contributed by atoms with Crippen LogP contribution in [0.3, 0.4) is 0 Å². The third-order valence-electron chi connectivity index (χ3n) is 3.26. The Labute approximate surface area is 110 Å². The van der Waals surface area contributed by atoms with Crippen molar-refractivity contribution in [2.45, 2.75) is 0 Å². The van der Waals surface area contributed by atoms with Gasteiger partial charge in [0, 0.05) is 5.39 Å².